The van der Waals surface area contributed by atoms with Crippen molar-refractivity contribution in [2.75, 3.05) is 5.73 Å². The van der Waals surface area contributed by atoms with Crippen LogP contribution in [0.5, 0.6) is 0 Å². The van der Waals surface area contributed by atoms with Crippen LogP contribution in [-0.2, 0) is 0 Å². The number of hydrogen-bond acceptors (Lipinski definition) is 4. The summed E-state index contributed by atoms with van der Waals surface area (Å²) in [6.07, 6.45) is 4.15. The molecule has 0 bridgehead atoms. The van der Waals surface area contributed by atoms with Crippen LogP contribution in [0.3, 0.4) is 0 Å². The third-order valence-corrected chi connectivity index (χ3v) is 2.06. The third kappa shape index (κ3) is 1.88. The van der Waals surface area contributed by atoms with Gasteiger partial charge in [0, 0.05) is 18.1 Å². The summed E-state index contributed by atoms with van der Waals surface area (Å²) in [6, 6.07) is 3.63. The van der Waals surface area contributed by atoms with Gasteiger partial charge in [-0.05, 0) is 18.2 Å². The number of carbonyl (C=O) groups is 1. The number of benzene rings is 1. The zero-order valence-electron chi connectivity index (χ0n) is 8.22. The lowest BCUT2D eigenvalue weighted by Gasteiger charge is -2.03. The Morgan fingerprint density at radius 3 is 2.81 bits per heavy atom. The average Bonchev–Trinajstić information content (AvgIpc) is 2.32. The molecule has 0 aliphatic rings. The molecule has 2 rings (SSSR count). The molecule has 0 spiro atoms. The first-order chi connectivity index (χ1) is 7.68. The van der Waals surface area contributed by atoms with E-state index in [-0.39, 0.29) is 16.9 Å². The molecule has 0 atom stereocenters. The molecule has 16 heavy (non-hydrogen) atoms. The molecule has 0 aliphatic heterocycles. The highest BCUT2D eigenvalue weighted by Crippen LogP contribution is 2.16. The van der Waals surface area contributed by atoms with Gasteiger partial charge in [-0.3, -0.25) is 9.78 Å². The Kier molecular flexibility index (Phi) is 2.59. The van der Waals surface area contributed by atoms with E-state index in [4.69, 9.17) is 5.73 Å². The van der Waals surface area contributed by atoms with Crippen molar-refractivity contribution in [1.29, 1.82) is 0 Å². The predicted octanol–water partition coefficient (Wildman–Crippen LogP) is 1.43. The molecule has 2 aromatic rings. The number of anilines is 1. The molecule has 80 valence electrons. The molecule has 1 heterocycles. The summed E-state index contributed by atoms with van der Waals surface area (Å²) in [6.45, 7) is 0. The van der Waals surface area contributed by atoms with Crippen molar-refractivity contribution in [3.63, 3.8) is 0 Å². The molecule has 0 unspecified atom stereocenters. The minimum Gasteiger partial charge on any atom is -0.398 e. The minimum atomic E-state index is -0.513. The maximum Gasteiger partial charge on any atom is 0.215 e. The lowest BCUT2D eigenvalue weighted by atomic mass is 10.1. The van der Waals surface area contributed by atoms with Crippen molar-refractivity contribution in [2.45, 2.75) is 0 Å². The highest BCUT2D eigenvalue weighted by molar-refractivity contribution is 6.10. The first kappa shape index (κ1) is 10.2. The van der Waals surface area contributed by atoms with Crippen LogP contribution in [0.25, 0.3) is 0 Å². The van der Waals surface area contributed by atoms with Crippen molar-refractivity contribution in [2.24, 2.45) is 0 Å². The summed E-state index contributed by atoms with van der Waals surface area (Å²) in [4.78, 5) is 19.5. The number of aromatic nitrogens is 2. The van der Waals surface area contributed by atoms with Crippen LogP contribution in [0.1, 0.15) is 16.1 Å². The van der Waals surface area contributed by atoms with E-state index >= 15 is 0 Å². The fraction of sp³-hybridized carbons (Fsp3) is 0. The number of ketones is 1. The van der Waals surface area contributed by atoms with Crippen molar-refractivity contribution in [1.82, 2.24) is 9.97 Å². The second kappa shape index (κ2) is 4.06. The molecule has 0 fully saturated rings. The zero-order valence-corrected chi connectivity index (χ0v) is 8.22. The van der Waals surface area contributed by atoms with Crippen molar-refractivity contribution in [3.8, 4) is 0 Å². The Labute approximate surface area is 91.0 Å². The number of nitrogen functional groups attached to an aromatic ring is 1. The maximum absolute atomic E-state index is 13.0. The van der Waals surface area contributed by atoms with Crippen LogP contribution < -0.4 is 5.73 Å². The van der Waals surface area contributed by atoms with E-state index in [1.807, 2.05) is 0 Å². The average molecular weight is 217 g/mol. The van der Waals surface area contributed by atoms with Crippen molar-refractivity contribution < 1.29 is 9.18 Å². The number of nitrogens with two attached hydrogens (primary N) is 1. The first-order valence-electron chi connectivity index (χ1n) is 4.54. The molecule has 1 aromatic heterocycles. The molecule has 5 heteroatoms. The maximum atomic E-state index is 13.0. The van der Waals surface area contributed by atoms with Crippen molar-refractivity contribution in [3.05, 3.63) is 53.9 Å². The normalized spacial score (nSPS) is 10.1. The topological polar surface area (TPSA) is 68.9 Å². The summed E-state index contributed by atoms with van der Waals surface area (Å²) in [5.74, 6) is -0.952. The Morgan fingerprint density at radius 1 is 1.31 bits per heavy atom. The van der Waals surface area contributed by atoms with Crippen molar-refractivity contribution >= 4 is 11.5 Å². The van der Waals surface area contributed by atoms with Gasteiger partial charge >= 0.3 is 0 Å². The second-order valence-electron chi connectivity index (χ2n) is 3.15. The fourth-order valence-electron chi connectivity index (χ4n) is 1.28. The van der Waals surface area contributed by atoms with Crippen LogP contribution in [0.15, 0.2) is 36.8 Å². The standard InChI is InChI=1S/C11H8FN3O/c12-7-1-2-9(13)8(5-7)11(16)10-6-14-3-4-15-10/h1-6H,13H2. The van der Waals surface area contributed by atoms with Crippen LogP contribution >= 0.6 is 0 Å². The van der Waals surface area contributed by atoms with E-state index in [0.717, 1.165) is 6.07 Å². The zero-order chi connectivity index (χ0) is 11.5. The fourth-order valence-corrected chi connectivity index (χ4v) is 1.28. The monoisotopic (exact) mass is 217 g/mol. The molecule has 4 nitrogen and oxygen atoms in total. The molecule has 0 aliphatic carbocycles. The van der Waals surface area contributed by atoms with E-state index in [2.05, 4.69) is 9.97 Å². The first-order valence-corrected chi connectivity index (χ1v) is 4.54. The number of carbonyl (C=O) groups excluding carboxylic acids is 1. The lowest BCUT2D eigenvalue weighted by Crippen LogP contribution is -2.08. The van der Waals surface area contributed by atoms with Crippen LogP contribution in [0.2, 0.25) is 0 Å². The van der Waals surface area contributed by atoms with Gasteiger partial charge in [0.05, 0.1) is 11.8 Å². The number of nitrogens with zero attached hydrogens (tertiary/aromatic N) is 2. The van der Waals surface area contributed by atoms with Gasteiger partial charge in [-0.1, -0.05) is 0 Å². The summed E-state index contributed by atoms with van der Waals surface area (Å²) in [5, 5.41) is 0. The lowest BCUT2D eigenvalue weighted by molar-refractivity contribution is 0.103. The van der Waals surface area contributed by atoms with E-state index in [0.29, 0.717) is 0 Å². The molecule has 0 saturated carbocycles. The minimum absolute atomic E-state index is 0.0977. The molecular weight excluding hydrogens is 209 g/mol. The second-order valence-corrected chi connectivity index (χ2v) is 3.15. The van der Waals surface area contributed by atoms with Gasteiger partial charge in [-0.15, -0.1) is 0 Å². The molecular formula is C11H8FN3O. The summed E-state index contributed by atoms with van der Waals surface area (Å²) in [5.41, 5.74) is 6.05. The Bertz CT molecular complexity index is 528. The predicted molar refractivity (Wildman–Crippen MR) is 56.3 cm³/mol. The molecule has 2 N–H and O–H groups in total. The Balaban J connectivity index is 2.46. The number of halogens is 1. The third-order valence-electron chi connectivity index (χ3n) is 2.06. The smallest absolute Gasteiger partial charge is 0.215 e. The van der Waals surface area contributed by atoms with Gasteiger partial charge in [0.15, 0.2) is 0 Å². The van der Waals surface area contributed by atoms with Gasteiger partial charge in [0.25, 0.3) is 0 Å². The largest absolute Gasteiger partial charge is 0.398 e. The molecule has 0 radical (unpaired) electrons. The highest BCUT2D eigenvalue weighted by atomic mass is 19.1. The quantitative estimate of drug-likeness (QED) is 0.610. The molecule has 0 amide bonds. The van der Waals surface area contributed by atoms with Gasteiger partial charge in [-0.25, -0.2) is 9.37 Å². The van der Waals surface area contributed by atoms with Crippen LogP contribution in [0, 0.1) is 5.82 Å². The summed E-state index contributed by atoms with van der Waals surface area (Å²) < 4.78 is 13.0. The van der Waals surface area contributed by atoms with Gasteiger partial charge in [-0.2, -0.15) is 0 Å². The highest BCUT2D eigenvalue weighted by Gasteiger charge is 2.14. The van der Waals surface area contributed by atoms with E-state index in [9.17, 15) is 9.18 Å². The van der Waals surface area contributed by atoms with E-state index in [1.54, 1.807) is 0 Å². The Hall–Kier alpha value is -2.30. The number of hydrogen-bond donors (Lipinski definition) is 1. The number of rotatable bonds is 2. The SMILES string of the molecule is Nc1ccc(F)cc1C(=O)c1cnccn1. The summed E-state index contributed by atoms with van der Waals surface area (Å²) in [7, 11) is 0. The van der Waals surface area contributed by atoms with Gasteiger partial charge in [0.2, 0.25) is 5.78 Å². The molecule has 0 saturated heterocycles. The Morgan fingerprint density at radius 2 is 2.12 bits per heavy atom. The molecule has 1 aromatic carbocycles. The van der Waals surface area contributed by atoms with Gasteiger partial charge in [0.1, 0.15) is 11.5 Å². The van der Waals surface area contributed by atoms with E-state index in [1.165, 1.54) is 30.7 Å². The summed E-state index contributed by atoms with van der Waals surface area (Å²) >= 11 is 0. The van der Waals surface area contributed by atoms with Gasteiger partial charge < -0.3 is 5.73 Å². The van der Waals surface area contributed by atoms with Crippen LogP contribution in [-0.4, -0.2) is 15.8 Å². The van der Waals surface area contributed by atoms with Crippen LogP contribution in [0.4, 0.5) is 10.1 Å². The van der Waals surface area contributed by atoms with E-state index < -0.39 is 11.6 Å².